The Labute approximate surface area is 124 Å². The van der Waals surface area contributed by atoms with E-state index in [-0.39, 0.29) is 5.97 Å². The zero-order valence-corrected chi connectivity index (χ0v) is 12.3. The van der Waals surface area contributed by atoms with Crippen molar-refractivity contribution in [1.29, 1.82) is 0 Å². The first kappa shape index (κ1) is 13.8. The normalized spacial score (nSPS) is 15.5. The lowest BCUT2D eigenvalue weighted by molar-refractivity contribution is 0.0603. The van der Waals surface area contributed by atoms with E-state index in [1.165, 1.54) is 39.2 Å². The number of rotatable bonds is 1. The summed E-state index contributed by atoms with van der Waals surface area (Å²) in [5.41, 5.74) is 1.53. The third-order valence-electron chi connectivity index (χ3n) is 4.11. The number of esters is 1. The average molecular weight is 281 g/mol. The van der Waals surface area contributed by atoms with Crippen molar-refractivity contribution in [3.8, 4) is 12.0 Å². The van der Waals surface area contributed by atoms with E-state index in [2.05, 4.69) is 12.0 Å². The van der Waals surface area contributed by atoms with Crippen LogP contribution in [0, 0.1) is 17.9 Å². The van der Waals surface area contributed by atoms with Gasteiger partial charge in [-0.3, -0.25) is 4.57 Å². The van der Waals surface area contributed by atoms with E-state index in [1.54, 1.807) is 6.20 Å². The van der Waals surface area contributed by atoms with Crippen LogP contribution in [-0.2, 0) is 4.74 Å². The largest absolute Gasteiger partial charge is 0.465 e. The van der Waals surface area contributed by atoms with Crippen LogP contribution >= 0.6 is 0 Å². The second-order valence-electron chi connectivity index (χ2n) is 5.51. The molecule has 3 nitrogen and oxygen atoms in total. The van der Waals surface area contributed by atoms with Gasteiger partial charge in [-0.2, -0.15) is 0 Å². The smallest absolute Gasteiger partial charge is 0.340 e. The van der Waals surface area contributed by atoms with Crippen molar-refractivity contribution in [1.82, 2.24) is 4.57 Å². The lowest BCUT2D eigenvalue weighted by Crippen LogP contribution is -2.03. The summed E-state index contributed by atoms with van der Waals surface area (Å²) < 4.78 is 6.71. The minimum atomic E-state index is -0.315. The minimum absolute atomic E-state index is 0.315. The number of carbonyl (C=O) groups excluding carboxylic acids is 1. The molecule has 0 amide bonds. The monoisotopic (exact) mass is 281 g/mol. The van der Waals surface area contributed by atoms with E-state index in [0.29, 0.717) is 11.5 Å². The molecule has 21 heavy (non-hydrogen) atoms. The molecule has 0 radical (unpaired) electrons. The van der Waals surface area contributed by atoms with Crippen LogP contribution in [0.3, 0.4) is 0 Å². The van der Waals surface area contributed by atoms with Crippen LogP contribution < -0.4 is 0 Å². The SMILES string of the molecule is COC(=O)c1cn(C#CC2CCCCC2)c2ccccc12. The Hall–Kier alpha value is -2.21. The van der Waals surface area contributed by atoms with Gasteiger partial charge in [0.1, 0.15) is 0 Å². The quantitative estimate of drug-likeness (QED) is 0.588. The summed E-state index contributed by atoms with van der Waals surface area (Å²) in [6, 6.07) is 11.0. The number of nitrogens with zero attached hydrogens (tertiary/aromatic N) is 1. The fraction of sp³-hybridized carbons (Fsp3) is 0.389. The number of aromatic nitrogens is 1. The van der Waals surface area contributed by atoms with Crippen LogP contribution in [0.15, 0.2) is 30.5 Å². The molecule has 1 aromatic carbocycles. The predicted molar refractivity (Wildman–Crippen MR) is 83.0 cm³/mol. The number of benzene rings is 1. The Morgan fingerprint density at radius 3 is 2.76 bits per heavy atom. The summed E-state index contributed by atoms with van der Waals surface area (Å²) in [4.78, 5) is 11.9. The summed E-state index contributed by atoms with van der Waals surface area (Å²) in [6.45, 7) is 0. The number of carbonyl (C=O) groups is 1. The van der Waals surface area contributed by atoms with Crippen molar-refractivity contribution in [2.45, 2.75) is 32.1 Å². The molecule has 108 valence electrons. The van der Waals surface area contributed by atoms with E-state index in [4.69, 9.17) is 4.74 Å². The highest BCUT2D eigenvalue weighted by atomic mass is 16.5. The molecule has 1 aromatic heterocycles. The van der Waals surface area contributed by atoms with Gasteiger partial charge in [0, 0.05) is 23.5 Å². The van der Waals surface area contributed by atoms with Crippen LogP contribution in [0.4, 0.5) is 0 Å². The van der Waals surface area contributed by atoms with Crippen LogP contribution in [0.2, 0.25) is 0 Å². The lowest BCUT2D eigenvalue weighted by atomic mass is 9.90. The van der Waals surface area contributed by atoms with Gasteiger partial charge in [0.2, 0.25) is 0 Å². The minimum Gasteiger partial charge on any atom is -0.465 e. The van der Waals surface area contributed by atoms with Gasteiger partial charge < -0.3 is 4.74 Å². The molecule has 1 aliphatic rings. The van der Waals surface area contributed by atoms with Gasteiger partial charge in [0.25, 0.3) is 0 Å². The van der Waals surface area contributed by atoms with E-state index >= 15 is 0 Å². The second-order valence-corrected chi connectivity index (χ2v) is 5.51. The third kappa shape index (κ3) is 2.80. The summed E-state index contributed by atoms with van der Waals surface area (Å²) in [5.74, 6) is 3.53. The van der Waals surface area contributed by atoms with E-state index in [0.717, 1.165) is 10.9 Å². The first-order valence-corrected chi connectivity index (χ1v) is 7.49. The van der Waals surface area contributed by atoms with Crippen molar-refractivity contribution in [2.75, 3.05) is 7.11 Å². The summed E-state index contributed by atoms with van der Waals surface area (Å²) >= 11 is 0. The van der Waals surface area contributed by atoms with E-state index in [9.17, 15) is 4.79 Å². The zero-order chi connectivity index (χ0) is 14.7. The maximum absolute atomic E-state index is 11.9. The molecular weight excluding hydrogens is 262 g/mol. The second kappa shape index (κ2) is 6.05. The number of methoxy groups -OCH3 is 1. The molecule has 1 heterocycles. The number of hydrogen-bond acceptors (Lipinski definition) is 2. The zero-order valence-electron chi connectivity index (χ0n) is 12.3. The van der Waals surface area contributed by atoms with Crippen molar-refractivity contribution < 1.29 is 9.53 Å². The fourth-order valence-electron chi connectivity index (χ4n) is 2.95. The standard InChI is InChI=1S/C18H19NO2/c1-21-18(20)16-13-19(17-10-6-5-9-15(16)17)12-11-14-7-3-2-4-8-14/h5-6,9-10,13-14H,2-4,7-8H2,1H3. The molecule has 1 aliphatic carbocycles. The highest BCUT2D eigenvalue weighted by molar-refractivity contribution is 6.04. The first-order valence-electron chi connectivity index (χ1n) is 7.49. The average Bonchev–Trinajstić information content (AvgIpc) is 2.92. The highest BCUT2D eigenvalue weighted by Crippen LogP contribution is 2.24. The van der Waals surface area contributed by atoms with Gasteiger partial charge in [-0.15, -0.1) is 0 Å². The summed E-state index contributed by atoms with van der Waals surface area (Å²) in [7, 11) is 1.40. The lowest BCUT2D eigenvalue weighted by Gasteiger charge is -2.15. The molecule has 0 aliphatic heterocycles. The summed E-state index contributed by atoms with van der Waals surface area (Å²) in [5, 5.41) is 0.891. The van der Waals surface area contributed by atoms with Gasteiger partial charge in [-0.1, -0.05) is 43.4 Å². The number of hydrogen-bond donors (Lipinski definition) is 0. The maximum Gasteiger partial charge on any atom is 0.340 e. The van der Waals surface area contributed by atoms with Crippen LogP contribution in [0.25, 0.3) is 10.9 Å². The Balaban J connectivity index is 1.99. The molecule has 0 atom stereocenters. The van der Waals surface area contributed by atoms with Crippen LogP contribution in [0.1, 0.15) is 42.5 Å². The Morgan fingerprint density at radius 2 is 2.00 bits per heavy atom. The van der Waals surface area contributed by atoms with E-state index < -0.39 is 0 Å². The maximum atomic E-state index is 11.9. The molecule has 0 bridgehead atoms. The van der Waals surface area contributed by atoms with Gasteiger partial charge in [-0.25, -0.2) is 4.79 Å². The third-order valence-corrected chi connectivity index (χ3v) is 4.11. The molecule has 1 fully saturated rings. The molecule has 0 saturated heterocycles. The van der Waals surface area contributed by atoms with Crippen molar-refractivity contribution in [2.24, 2.45) is 5.92 Å². The van der Waals surface area contributed by atoms with Gasteiger partial charge in [0.05, 0.1) is 18.2 Å². The van der Waals surface area contributed by atoms with Crippen LogP contribution in [0.5, 0.6) is 0 Å². The molecule has 0 spiro atoms. The fourth-order valence-corrected chi connectivity index (χ4v) is 2.95. The van der Waals surface area contributed by atoms with Crippen molar-refractivity contribution in [3.05, 3.63) is 36.0 Å². The Morgan fingerprint density at radius 1 is 1.24 bits per heavy atom. The molecule has 1 saturated carbocycles. The number of fused-ring (bicyclic) bond motifs is 1. The molecule has 3 rings (SSSR count). The molecular formula is C18H19NO2. The first-order chi connectivity index (χ1) is 10.3. The summed E-state index contributed by atoms with van der Waals surface area (Å²) in [6.07, 6.45) is 8.05. The topological polar surface area (TPSA) is 31.2 Å². The molecule has 3 heteroatoms. The number of ether oxygens (including phenoxy) is 1. The predicted octanol–water partition coefficient (Wildman–Crippen LogP) is 3.82. The molecule has 0 N–H and O–H groups in total. The van der Waals surface area contributed by atoms with Crippen molar-refractivity contribution >= 4 is 16.9 Å². The molecule has 2 aromatic rings. The van der Waals surface area contributed by atoms with Gasteiger partial charge in [-0.05, 0) is 18.9 Å². The van der Waals surface area contributed by atoms with E-state index in [1.807, 2.05) is 28.8 Å². The molecule has 0 unspecified atom stereocenters. The Kier molecular flexibility index (Phi) is 3.96. The van der Waals surface area contributed by atoms with Gasteiger partial charge >= 0.3 is 5.97 Å². The van der Waals surface area contributed by atoms with Crippen molar-refractivity contribution in [3.63, 3.8) is 0 Å². The Bertz CT molecular complexity index is 712. The number of para-hydroxylation sites is 1. The van der Waals surface area contributed by atoms with Gasteiger partial charge in [0.15, 0.2) is 0 Å². The van der Waals surface area contributed by atoms with Crippen LogP contribution in [-0.4, -0.2) is 17.6 Å². The highest BCUT2D eigenvalue weighted by Gasteiger charge is 2.15.